The predicted octanol–water partition coefficient (Wildman–Crippen LogP) is 3.48. The van der Waals surface area contributed by atoms with Crippen LogP contribution in [0, 0.1) is 11.8 Å². The van der Waals surface area contributed by atoms with E-state index in [0.29, 0.717) is 5.92 Å². The molecule has 2 unspecified atom stereocenters. The van der Waals surface area contributed by atoms with Gasteiger partial charge < -0.3 is 10.6 Å². The van der Waals surface area contributed by atoms with E-state index in [1.807, 2.05) is 0 Å². The third kappa shape index (κ3) is 4.99. The minimum atomic E-state index is 0. The highest BCUT2D eigenvalue weighted by atomic mass is 35.5. The quantitative estimate of drug-likeness (QED) is 0.841. The first kappa shape index (κ1) is 19.0. The van der Waals surface area contributed by atoms with Gasteiger partial charge in [-0.25, -0.2) is 0 Å². The first-order valence-electron chi connectivity index (χ1n) is 8.21. The first-order valence-corrected chi connectivity index (χ1v) is 8.21. The summed E-state index contributed by atoms with van der Waals surface area (Å²) in [6, 6.07) is 8.83. The van der Waals surface area contributed by atoms with E-state index in [-0.39, 0.29) is 30.3 Å². The van der Waals surface area contributed by atoms with Crippen molar-refractivity contribution in [2.45, 2.75) is 46.1 Å². The summed E-state index contributed by atoms with van der Waals surface area (Å²) >= 11 is 0. The topological polar surface area (TPSA) is 41.1 Å². The van der Waals surface area contributed by atoms with Crippen LogP contribution in [0.2, 0.25) is 0 Å². The molecule has 3 nitrogen and oxygen atoms in total. The van der Waals surface area contributed by atoms with Crippen LogP contribution in [0.3, 0.4) is 0 Å². The van der Waals surface area contributed by atoms with Crippen LogP contribution in [-0.4, -0.2) is 19.0 Å². The summed E-state index contributed by atoms with van der Waals surface area (Å²) in [5.74, 6) is 0.710. The normalized spacial score (nSPS) is 18.8. The number of carbonyl (C=O) groups excluding carboxylic acids is 1. The molecule has 2 atom stereocenters. The minimum absolute atomic E-state index is 0. The second-order valence-corrected chi connectivity index (χ2v) is 6.41. The average Bonchev–Trinajstić information content (AvgIpc) is 3.00. The third-order valence-corrected chi connectivity index (χ3v) is 4.27. The summed E-state index contributed by atoms with van der Waals surface area (Å²) in [5.41, 5.74) is 2.58. The number of halogens is 1. The molecule has 0 aliphatic carbocycles. The van der Waals surface area contributed by atoms with Crippen LogP contribution in [0.4, 0.5) is 0 Å². The lowest BCUT2D eigenvalue weighted by Crippen LogP contribution is -2.37. The van der Waals surface area contributed by atoms with E-state index in [9.17, 15) is 4.79 Å². The zero-order chi connectivity index (χ0) is 15.2. The van der Waals surface area contributed by atoms with Crippen LogP contribution in [-0.2, 0) is 11.2 Å². The van der Waals surface area contributed by atoms with Gasteiger partial charge in [-0.1, -0.05) is 51.5 Å². The Hall–Kier alpha value is -1.06. The van der Waals surface area contributed by atoms with Crippen molar-refractivity contribution in [3.63, 3.8) is 0 Å². The number of hydrogen-bond acceptors (Lipinski definition) is 2. The molecule has 4 heteroatoms. The molecule has 1 fully saturated rings. The van der Waals surface area contributed by atoms with Crippen molar-refractivity contribution in [2.24, 2.45) is 11.8 Å². The van der Waals surface area contributed by atoms with E-state index < -0.39 is 0 Å². The van der Waals surface area contributed by atoms with Crippen LogP contribution in [0.5, 0.6) is 0 Å². The van der Waals surface area contributed by atoms with Crippen LogP contribution in [0.1, 0.15) is 50.8 Å². The Morgan fingerprint density at radius 1 is 1.32 bits per heavy atom. The zero-order valence-electron chi connectivity index (χ0n) is 13.9. The standard InChI is InChI=1S/C18H28N2O.ClH/c1-4-5-14-6-8-15(9-7-14)17(13(2)3)20-18(21)16-10-11-19-12-16;/h6-9,13,16-17,19H,4-5,10-12H2,1-3H3,(H,20,21);1H. The summed E-state index contributed by atoms with van der Waals surface area (Å²) in [6.07, 6.45) is 3.23. The number of hydrogen-bond donors (Lipinski definition) is 2. The Morgan fingerprint density at radius 3 is 2.50 bits per heavy atom. The molecule has 0 radical (unpaired) electrons. The van der Waals surface area contributed by atoms with Gasteiger partial charge in [0.25, 0.3) is 0 Å². The van der Waals surface area contributed by atoms with Crippen LogP contribution < -0.4 is 10.6 Å². The summed E-state index contributed by atoms with van der Waals surface area (Å²) in [6.45, 7) is 8.29. The third-order valence-electron chi connectivity index (χ3n) is 4.27. The Kier molecular flexibility index (Phi) is 7.91. The van der Waals surface area contributed by atoms with E-state index in [4.69, 9.17) is 0 Å². The largest absolute Gasteiger partial charge is 0.349 e. The maximum atomic E-state index is 12.4. The van der Waals surface area contributed by atoms with Crippen molar-refractivity contribution in [3.05, 3.63) is 35.4 Å². The van der Waals surface area contributed by atoms with Gasteiger partial charge in [0.05, 0.1) is 12.0 Å². The zero-order valence-corrected chi connectivity index (χ0v) is 14.7. The van der Waals surface area contributed by atoms with Gasteiger partial charge in [-0.15, -0.1) is 12.4 Å². The number of rotatable bonds is 6. The molecule has 2 rings (SSSR count). The Bertz CT molecular complexity index is 453. The molecule has 1 aliphatic rings. The second kappa shape index (κ2) is 9.16. The van der Waals surface area contributed by atoms with Gasteiger partial charge in [0.2, 0.25) is 5.91 Å². The number of amides is 1. The molecule has 124 valence electrons. The lowest BCUT2D eigenvalue weighted by Gasteiger charge is -2.24. The van der Waals surface area contributed by atoms with Crippen LogP contribution in [0.15, 0.2) is 24.3 Å². The summed E-state index contributed by atoms with van der Waals surface area (Å²) in [4.78, 5) is 12.4. The smallest absolute Gasteiger partial charge is 0.224 e. The van der Waals surface area contributed by atoms with Gasteiger partial charge in [-0.05, 0) is 36.4 Å². The fourth-order valence-corrected chi connectivity index (χ4v) is 2.96. The van der Waals surface area contributed by atoms with Gasteiger partial charge in [-0.2, -0.15) is 0 Å². The fraction of sp³-hybridized carbons (Fsp3) is 0.611. The molecule has 1 saturated heterocycles. The van der Waals surface area contributed by atoms with Crippen molar-refractivity contribution in [2.75, 3.05) is 13.1 Å². The maximum absolute atomic E-state index is 12.4. The van der Waals surface area contributed by atoms with E-state index in [1.165, 1.54) is 17.5 Å². The monoisotopic (exact) mass is 324 g/mol. The molecule has 1 heterocycles. The molecule has 2 N–H and O–H groups in total. The summed E-state index contributed by atoms with van der Waals surface area (Å²) in [5, 5.41) is 6.50. The van der Waals surface area contributed by atoms with E-state index in [1.54, 1.807) is 0 Å². The Balaban J connectivity index is 0.00000242. The molecule has 22 heavy (non-hydrogen) atoms. The molecular formula is C18H29ClN2O. The highest BCUT2D eigenvalue weighted by Crippen LogP contribution is 2.23. The number of carbonyl (C=O) groups is 1. The Labute approximate surface area is 140 Å². The van der Waals surface area contributed by atoms with E-state index >= 15 is 0 Å². The predicted molar refractivity (Wildman–Crippen MR) is 94.4 cm³/mol. The average molecular weight is 325 g/mol. The van der Waals surface area contributed by atoms with Crippen molar-refractivity contribution in [1.29, 1.82) is 0 Å². The SMILES string of the molecule is CCCc1ccc(C(NC(=O)C2CCNC2)C(C)C)cc1.Cl. The lowest BCUT2D eigenvalue weighted by atomic mass is 9.93. The molecule has 0 saturated carbocycles. The first-order chi connectivity index (χ1) is 10.1. The van der Waals surface area contributed by atoms with Crippen molar-refractivity contribution >= 4 is 18.3 Å². The lowest BCUT2D eigenvalue weighted by molar-refractivity contribution is -0.125. The molecule has 0 spiro atoms. The van der Waals surface area contributed by atoms with E-state index in [0.717, 1.165) is 25.9 Å². The van der Waals surface area contributed by atoms with E-state index in [2.05, 4.69) is 55.7 Å². The second-order valence-electron chi connectivity index (χ2n) is 6.41. The Morgan fingerprint density at radius 2 is 2.00 bits per heavy atom. The van der Waals surface area contributed by atoms with Gasteiger partial charge in [0.15, 0.2) is 0 Å². The fourth-order valence-electron chi connectivity index (χ4n) is 2.96. The van der Waals surface area contributed by atoms with Crippen LogP contribution in [0.25, 0.3) is 0 Å². The highest BCUT2D eigenvalue weighted by molar-refractivity contribution is 5.85. The summed E-state index contributed by atoms with van der Waals surface area (Å²) in [7, 11) is 0. The molecular weight excluding hydrogens is 296 g/mol. The van der Waals surface area contributed by atoms with Gasteiger partial charge in [-0.3, -0.25) is 4.79 Å². The number of benzene rings is 1. The molecule has 1 aliphatic heterocycles. The van der Waals surface area contributed by atoms with Crippen molar-refractivity contribution in [1.82, 2.24) is 10.6 Å². The highest BCUT2D eigenvalue weighted by Gasteiger charge is 2.26. The molecule has 1 aromatic rings. The molecule has 0 aromatic heterocycles. The maximum Gasteiger partial charge on any atom is 0.224 e. The molecule has 0 bridgehead atoms. The van der Waals surface area contributed by atoms with Gasteiger partial charge in [0, 0.05) is 6.54 Å². The number of aryl methyl sites for hydroxylation is 1. The summed E-state index contributed by atoms with van der Waals surface area (Å²) < 4.78 is 0. The van der Waals surface area contributed by atoms with Gasteiger partial charge in [0.1, 0.15) is 0 Å². The molecule has 1 aromatic carbocycles. The van der Waals surface area contributed by atoms with Gasteiger partial charge >= 0.3 is 0 Å². The number of nitrogens with one attached hydrogen (secondary N) is 2. The molecule has 1 amide bonds. The minimum Gasteiger partial charge on any atom is -0.349 e. The van der Waals surface area contributed by atoms with Crippen LogP contribution >= 0.6 is 12.4 Å². The van der Waals surface area contributed by atoms with Crippen molar-refractivity contribution in [3.8, 4) is 0 Å². The van der Waals surface area contributed by atoms with Crippen molar-refractivity contribution < 1.29 is 4.79 Å².